The molecule has 3 rings (SSSR count). The predicted molar refractivity (Wildman–Crippen MR) is 106 cm³/mol. The van der Waals surface area contributed by atoms with Crippen LogP contribution >= 0.6 is 0 Å². The molecule has 0 fully saturated rings. The van der Waals surface area contributed by atoms with E-state index in [0.29, 0.717) is 23.3 Å². The molecule has 0 aliphatic carbocycles. The molecule has 0 radical (unpaired) electrons. The van der Waals surface area contributed by atoms with Crippen molar-refractivity contribution in [2.45, 2.75) is 6.92 Å². The lowest BCUT2D eigenvalue weighted by molar-refractivity contribution is 0.395. The van der Waals surface area contributed by atoms with E-state index in [4.69, 9.17) is 14.2 Å². The fraction of sp³-hybridized carbons (Fsp3) is 0.200. The Morgan fingerprint density at radius 1 is 0.741 bits per heavy atom. The molecule has 2 N–H and O–H groups in total. The molecule has 7 heteroatoms. The summed E-state index contributed by atoms with van der Waals surface area (Å²) in [5, 5.41) is 6.47. The minimum atomic E-state index is 0.467. The number of aryl methyl sites for hydroxylation is 1. The van der Waals surface area contributed by atoms with E-state index in [-0.39, 0.29) is 0 Å². The maximum absolute atomic E-state index is 5.41. The highest BCUT2D eigenvalue weighted by atomic mass is 16.5. The number of hydrogen-bond acceptors (Lipinski definition) is 7. The Balaban J connectivity index is 1.82. The molecular weight excluding hydrogens is 344 g/mol. The number of benzene rings is 2. The molecule has 0 aliphatic rings. The van der Waals surface area contributed by atoms with E-state index in [0.717, 1.165) is 22.8 Å². The highest BCUT2D eigenvalue weighted by molar-refractivity contribution is 5.66. The van der Waals surface area contributed by atoms with Crippen LogP contribution in [-0.2, 0) is 0 Å². The monoisotopic (exact) mass is 366 g/mol. The topological polar surface area (TPSA) is 77.5 Å². The van der Waals surface area contributed by atoms with Gasteiger partial charge in [0.1, 0.15) is 23.1 Å². The van der Waals surface area contributed by atoms with Crippen molar-refractivity contribution in [3.63, 3.8) is 0 Å². The second kappa shape index (κ2) is 8.27. The molecule has 0 spiro atoms. The van der Waals surface area contributed by atoms with Gasteiger partial charge in [-0.2, -0.15) is 4.98 Å². The summed E-state index contributed by atoms with van der Waals surface area (Å²) in [6.45, 7) is 1.91. The van der Waals surface area contributed by atoms with Crippen LogP contribution in [0.25, 0.3) is 0 Å². The van der Waals surface area contributed by atoms with Crippen LogP contribution in [0.5, 0.6) is 17.2 Å². The van der Waals surface area contributed by atoms with Gasteiger partial charge in [-0.15, -0.1) is 0 Å². The number of methoxy groups -OCH3 is 3. The summed E-state index contributed by atoms with van der Waals surface area (Å²) in [5.74, 6) is 3.30. The van der Waals surface area contributed by atoms with E-state index >= 15 is 0 Å². The zero-order valence-corrected chi connectivity index (χ0v) is 15.7. The van der Waals surface area contributed by atoms with Gasteiger partial charge in [-0.1, -0.05) is 0 Å². The molecule has 0 saturated heterocycles. The standard InChI is InChI=1S/C20H22N4O3/c1-13-11-19(22-14-5-7-15(25-2)8-6-14)24-20(21-13)23-17-10-9-16(26-3)12-18(17)27-4/h5-12H,1-4H3,(H2,21,22,23,24). The summed E-state index contributed by atoms with van der Waals surface area (Å²) >= 11 is 0. The molecule has 0 bridgehead atoms. The van der Waals surface area contributed by atoms with Gasteiger partial charge in [0.15, 0.2) is 0 Å². The van der Waals surface area contributed by atoms with Gasteiger partial charge in [-0.3, -0.25) is 0 Å². The average molecular weight is 366 g/mol. The first-order valence-corrected chi connectivity index (χ1v) is 8.37. The molecule has 0 atom stereocenters. The van der Waals surface area contributed by atoms with Crippen molar-refractivity contribution in [1.82, 2.24) is 9.97 Å². The number of nitrogens with one attached hydrogen (secondary N) is 2. The molecule has 0 amide bonds. The molecule has 3 aromatic rings. The van der Waals surface area contributed by atoms with Crippen LogP contribution in [0.15, 0.2) is 48.5 Å². The van der Waals surface area contributed by atoms with Crippen molar-refractivity contribution in [3.8, 4) is 17.2 Å². The minimum absolute atomic E-state index is 0.467. The third-order valence-electron chi connectivity index (χ3n) is 3.87. The second-order valence-corrected chi connectivity index (χ2v) is 5.76. The Bertz CT molecular complexity index is 914. The molecule has 1 aromatic heterocycles. The first-order valence-electron chi connectivity index (χ1n) is 8.37. The number of aromatic nitrogens is 2. The van der Waals surface area contributed by atoms with E-state index in [1.807, 2.05) is 49.4 Å². The summed E-state index contributed by atoms with van der Waals surface area (Å²) in [6, 6.07) is 15.0. The fourth-order valence-corrected chi connectivity index (χ4v) is 2.53. The van der Waals surface area contributed by atoms with Crippen LogP contribution in [0.4, 0.5) is 23.1 Å². The van der Waals surface area contributed by atoms with Gasteiger partial charge >= 0.3 is 0 Å². The quantitative estimate of drug-likeness (QED) is 0.645. The van der Waals surface area contributed by atoms with E-state index in [1.165, 1.54) is 0 Å². The summed E-state index contributed by atoms with van der Waals surface area (Å²) in [5.41, 5.74) is 2.48. The van der Waals surface area contributed by atoms with Crippen LogP contribution in [0, 0.1) is 6.92 Å². The number of anilines is 4. The highest BCUT2D eigenvalue weighted by Gasteiger charge is 2.09. The molecule has 0 unspecified atom stereocenters. The van der Waals surface area contributed by atoms with Crippen LogP contribution < -0.4 is 24.8 Å². The van der Waals surface area contributed by atoms with Crippen LogP contribution in [0.2, 0.25) is 0 Å². The second-order valence-electron chi connectivity index (χ2n) is 5.76. The van der Waals surface area contributed by atoms with Gasteiger partial charge < -0.3 is 24.8 Å². The van der Waals surface area contributed by atoms with Crippen molar-refractivity contribution >= 4 is 23.1 Å². The lowest BCUT2D eigenvalue weighted by Crippen LogP contribution is -2.03. The molecule has 0 aliphatic heterocycles. The zero-order valence-electron chi connectivity index (χ0n) is 15.7. The molecule has 7 nitrogen and oxygen atoms in total. The van der Waals surface area contributed by atoms with Crippen molar-refractivity contribution in [2.24, 2.45) is 0 Å². The van der Waals surface area contributed by atoms with E-state index in [2.05, 4.69) is 20.6 Å². The molecule has 140 valence electrons. The number of nitrogens with zero attached hydrogens (tertiary/aromatic N) is 2. The van der Waals surface area contributed by atoms with Crippen LogP contribution in [0.3, 0.4) is 0 Å². The Morgan fingerprint density at radius 2 is 1.44 bits per heavy atom. The summed E-state index contributed by atoms with van der Waals surface area (Å²) in [6.07, 6.45) is 0. The number of rotatable bonds is 7. The van der Waals surface area contributed by atoms with Crippen LogP contribution in [0.1, 0.15) is 5.69 Å². The van der Waals surface area contributed by atoms with Crippen molar-refractivity contribution in [3.05, 3.63) is 54.2 Å². The maximum atomic E-state index is 5.41. The SMILES string of the molecule is COc1ccc(Nc2cc(C)nc(Nc3ccc(OC)cc3OC)n2)cc1. The van der Waals surface area contributed by atoms with Gasteiger partial charge in [0.25, 0.3) is 0 Å². The Morgan fingerprint density at radius 3 is 2.11 bits per heavy atom. The molecule has 27 heavy (non-hydrogen) atoms. The lowest BCUT2D eigenvalue weighted by atomic mass is 10.2. The average Bonchev–Trinajstić information content (AvgIpc) is 2.68. The largest absolute Gasteiger partial charge is 0.497 e. The van der Waals surface area contributed by atoms with Crippen LogP contribution in [-0.4, -0.2) is 31.3 Å². The van der Waals surface area contributed by atoms with Gasteiger partial charge in [0.2, 0.25) is 5.95 Å². The number of hydrogen-bond donors (Lipinski definition) is 2. The van der Waals surface area contributed by atoms with E-state index in [9.17, 15) is 0 Å². The van der Waals surface area contributed by atoms with E-state index < -0.39 is 0 Å². The Hall–Kier alpha value is -3.48. The summed E-state index contributed by atoms with van der Waals surface area (Å²) in [4.78, 5) is 8.98. The zero-order chi connectivity index (χ0) is 19.2. The smallest absolute Gasteiger partial charge is 0.229 e. The normalized spacial score (nSPS) is 10.2. The van der Waals surface area contributed by atoms with Gasteiger partial charge in [0.05, 0.1) is 27.0 Å². The van der Waals surface area contributed by atoms with Gasteiger partial charge in [-0.05, 0) is 43.3 Å². The summed E-state index contributed by atoms with van der Waals surface area (Å²) in [7, 11) is 4.86. The van der Waals surface area contributed by atoms with Gasteiger partial charge in [-0.25, -0.2) is 4.98 Å². The Labute approximate surface area is 158 Å². The predicted octanol–water partition coefficient (Wildman–Crippen LogP) is 4.30. The van der Waals surface area contributed by atoms with Crippen molar-refractivity contribution < 1.29 is 14.2 Å². The molecule has 1 heterocycles. The van der Waals surface area contributed by atoms with Crippen molar-refractivity contribution in [1.29, 1.82) is 0 Å². The molecular formula is C20H22N4O3. The molecule has 2 aromatic carbocycles. The first kappa shape index (κ1) is 18.3. The first-order chi connectivity index (χ1) is 13.1. The minimum Gasteiger partial charge on any atom is -0.497 e. The third-order valence-corrected chi connectivity index (χ3v) is 3.87. The summed E-state index contributed by atoms with van der Waals surface area (Å²) < 4.78 is 15.8. The van der Waals surface area contributed by atoms with Gasteiger partial charge in [0, 0.05) is 23.5 Å². The number of ether oxygens (including phenoxy) is 3. The lowest BCUT2D eigenvalue weighted by Gasteiger charge is -2.13. The maximum Gasteiger partial charge on any atom is 0.229 e. The van der Waals surface area contributed by atoms with Crippen molar-refractivity contribution in [2.75, 3.05) is 32.0 Å². The molecule has 0 saturated carbocycles. The fourth-order valence-electron chi connectivity index (χ4n) is 2.53. The highest BCUT2D eigenvalue weighted by Crippen LogP contribution is 2.31. The van der Waals surface area contributed by atoms with E-state index in [1.54, 1.807) is 27.4 Å². The Kier molecular flexibility index (Phi) is 5.61. The third kappa shape index (κ3) is 4.58.